The third-order valence-corrected chi connectivity index (χ3v) is 5.58. The summed E-state index contributed by atoms with van der Waals surface area (Å²) in [6.07, 6.45) is 0.368. The van der Waals surface area contributed by atoms with Crippen molar-refractivity contribution in [3.8, 4) is 5.75 Å². The number of aryl methyl sites for hydroxylation is 1. The van der Waals surface area contributed by atoms with Crippen LogP contribution in [0.3, 0.4) is 0 Å². The molecule has 0 unspecified atom stereocenters. The third-order valence-electron chi connectivity index (χ3n) is 4.46. The first-order valence-corrected chi connectivity index (χ1v) is 9.61. The number of carbonyl (C=O) groups excluding carboxylic acids is 1. The number of methoxy groups -OCH3 is 1. The van der Waals surface area contributed by atoms with E-state index < -0.39 is 0 Å². The number of nitrogens with zero attached hydrogens (tertiary/aromatic N) is 4. The summed E-state index contributed by atoms with van der Waals surface area (Å²) < 4.78 is 6.75. The molecule has 8 heteroatoms. The summed E-state index contributed by atoms with van der Waals surface area (Å²) in [7, 11) is 1.61. The fourth-order valence-corrected chi connectivity index (χ4v) is 3.88. The van der Waals surface area contributed by atoms with E-state index in [1.54, 1.807) is 16.5 Å². The van der Waals surface area contributed by atoms with Crippen molar-refractivity contribution in [3.05, 3.63) is 56.4 Å². The highest BCUT2D eigenvalue weighted by atomic mass is 32.1. The average Bonchev–Trinajstić information content (AvgIpc) is 2.99. The Labute approximate surface area is 161 Å². The maximum atomic E-state index is 12.7. The number of amides is 1. The quantitative estimate of drug-likeness (QED) is 0.651. The van der Waals surface area contributed by atoms with E-state index in [1.807, 2.05) is 45.0 Å². The maximum Gasteiger partial charge on any atom is 0.296 e. The second-order valence-electron chi connectivity index (χ2n) is 6.08. The Bertz CT molecular complexity index is 1020. The lowest BCUT2D eigenvalue weighted by Gasteiger charge is -2.17. The van der Waals surface area contributed by atoms with Crippen LogP contribution < -0.4 is 10.3 Å². The van der Waals surface area contributed by atoms with Gasteiger partial charge in [0.2, 0.25) is 4.96 Å². The molecule has 7 nitrogen and oxygen atoms in total. The molecule has 0 saturated heterocycles. The van der Waals surface area contributed by atoms with Crippen molar-refractivity contribution in [3.63, 3.8) is 0 Å². The lowest BCUT2D eigenvalue weighted by Crippen LogP contribution is -2.30. The maximum absolute atomic E-state index is 12.7. The van der Waals surface area contributed by atoms with Crippen LogP contribution >= 0.6 is 11.3 Å². The van der Waals surface area contributed by atoms with Gasteiger partial charge in [0.15, 0.2) is 0 Å². The van der Waals surface area contributed by atoms with E-state index >= 15 is 0 Å². The van der Waals surface area contributed by atoms with Crippen molar-refractivity contribution in [2.24, 2.45) is 0 Å². The lowest BCUT2D eigenvalue weighted by molar-refractivity contribution is 0.0776. The van der Waals surface area contributed by atoms with Gasteiger partial charge in [-0.1, -0.05) is 23.5 Å². The SMILES string of the molecule is CCN(CC)C(=O)c1sc2nc(=O)c(Cc3ccc(OC)cc3)nn2c1C. The number of carbonyl (C=O) groups is 1. The van der Waals surface area contributed by atoms with Crippen LogP contribution in [-0.4, -0.2) is 45.6 Å². The first-order chi connectivity index (χ1) is 13.0. The Hall–Kier alpha value is -2.74. The van der Waals surface area contributed by atoms with E-state index in [4.69, 9.17) is 4.74 Å². The first kappa shape index (κ1) is 19.0. The number of hydrogen-bond acceptors (Lipinski definition) is 6. The van der Waals surface area contributed by atoms with Crippen LogP contribution in [0.15, 0.2) is 29.1 Å². The van der Waals surface area contributed by atoms with Crippen molar-refractivity contribution < 1.29 is 9.53 Å². The molecule has 0 N–H and O–H groups in total. The molecule has 0 radical (unpaired) electrons. The van der Waals surface area contributed by atoms with Gasteiger partial charge in [-0.05, 0) is 38.5 Å². The summed E-state index contributed by atoms with van der Waals surface area (Å²) in [5.41, 5.74) is 1.62. The van der Waals surface area contributed by atoms with Gasteiger partial charge in [0, 0.05) is 19.5 Å². The normalized spacial score (nSPS) is 11.0. The number of thiazole rings is 1. The number of ether oxygens (including phenoxy) is 1. The van der Waals surface area contributed by atoms with Crippen molar-refractivity contribution in [1.29, 1.82) is 0 Å². The topological polar surface area (TPSA) is 76.8 Å². The molecule has 27 heavy (non-hydrogen) atoms. The summed E-state index contributed by atoms with van der Waals surface area (Å²) in [6.45, 7) is 6.97. The molecule has 3 rings (SSSR count). The Kier molecular flexibility index (Phi) is 5.55. The van der Waals surface area contributed by atoms with E-state index in [1.165, 1.54) is 11.3 Å². The molecule has 0 bridgehead atoms. The number of hydrogen-bond donors (Lipinski definition) is 0. The summed E-state index contributed by atoms with van der Waals surface area (Å²) in [5.74, 6) is 0.698. The van der Waals surface area contributed by atoms with E-state index in [0.717, 1.165) is 11.3 Å². The van der Waals surface area contributed by atoms with Gasteiger partial charge in [-0.2, -0.15) is 10.1 Å². The van der Waals surface area contributed by atoms with Crippen molar-refractivity contribution in [1.82, 2.24) is 19.5 Å². The lowest BCUT2D eigenvalue weighted by atomic mass is 10.1. The third kappa shape index (κ3) is 3.71. The zero-order valence-electron chi connectivity index (χ0n) is 15.9. The molecule has 0 spiro atoms. The van der Waals surface area contributed by atoms with Gasteiger partial charge in [-0.3, -0.25) is 9.59 Å². The average molecular weight is 386 g/mol. The zero-order valence-corrected chi connectivity index (χ0v) is 16.7. The Morgan fingerprint density at radius 1 is 1.22 bits per heavy atom. The number of benzene rings is 1. The Morgan fingerprint density at radius 2 is 1.89 bits per heavy atom. The number of rotatable bonds is 6. The smallest absolute Gasteiger partial charge is 0.296 e. The first-order valence-electron chi connectivity index (χ1n) is 8.80. The molecule has 3 aromatic rings. The van der Waals surface area contributed by atoms with Crippen molar-refractivity contribution >= 4 is 22.2 Å². The number of aromatic nitrogens is 3. The van der Waals surface area contributed by atoms with Crippen LogP contribution in [0.4, 0.5) is 0 Å². The Balaban J connectivity index is 1.99. The fraction of sp³-hybridized carbons (Fsp3) is 0.368. The van der Waals surface area contributed by atoms with Crippen LogP contribution in [0.25, 0.3) is 4.96 Å². The molecule has 2 heterocycles. The van der Waals surface area contributed by atoms with Crippen LogP contribution in [-0.2, 0) is 6.42 Å². The Morgan fingerprint density at radius 3 is 2.48 bits per heavy atom. The van der Waals surface area contributed by atoms with E-state index in [-0.39, 0.29) is 11.5 Å². The van der Waals surface area contributed by atoms with Gasteiger partial charge in [0.05, 0.1) is 12.8 Å². The summed E-state index contributed by atoms with van der Waals surface area (Å²) in [4.78, 5) is 32.0. The van der Waals surface area contributed by atoms with E-state index in [9.17, 15) is 9.59 Å². The molecule has 1 amide bonds. The second-order valence-corrected chi connectivity index (χ2v) is 7.05. The predicted molar refractivity (Wildman–Crippen MR) is 105 cm³/mol. The standard InChI is InChI=1S/C19H22N4O3S/c1-5-22(6-2)18(25)16-12(3)23-19(27-16)20-17(24)15(21-23)11-13-7-9-14(26-4)10-8-13/h7-10H,5-6,11H2,1-4H3. The minimum absolute atomic E-state index is 0.0565. The summed E-state index contributed by atoms with van der Waals surface area (Å²) in [5, 5.41) is 4.48. The molecule has 1 aromatic carbocycles. The molecule has 0 fully saturated rings. The minimum Gasteiger partial charge on any atom is -0.497 e. The molecule has 142 valence electrons. The summed E-state index contributed by atoms with van der Waals surface area (Å²) in [6, 6.07) is 7.47. The largest absolute Gasteiger partial charge is 0.497 e. The molecule has 0 aliphatic carbocycles. The predicted octanol–water partition coefficient (Wildman–Crippen LogP) is 2.54. The highest BCUT2D eigenvalue weighted by Gasteiger charge is 2.21. The molecule has 0 aliphatic rings. The highest BCUT2D eigenvalue weighted by Crippen LogP contribution is 2.22. The molecule has 0 aliphatic heterocycles. The van der Waals surface area contributed by atoms with Crippen LogP contribution in [0.1, 0.15) is 40.5 Å². The fourth-order valence-electron chi connectivity index (χ4n) is 2.85. The van der Waals surface area contributed by atoms with Crippen LogP contribution in [0, 0.1) is 6.92 Å². The van der Waals surface area contributed by atoms with Gasteiger partial charge >= 0.3 is 0 Å². The molecule has 0 atom stereocenters. The molecule has 2 aromatic heterocycles. The van der Waals surface area contributed by atoms with Gasteiger partial charge < -0.3 is 9.64 Å². The van der Waals surface area contributed by atoms with Gasteiger partial charge in [0.25, 0.3) is 11.5 Å². The summed E-state index contributed by atoms with van der Waals surface area (Å²) >= 11 is 1.21. The van der Waals surface area contributed by atoms with Crippen molar-refractivity contribution in [2.45, 2.75) is 27.2 Å². The van der Waals surface area contributed by atoms with Gasteiger partial charge in [-0.25, -0.2) is 4.52 Å². The second kappa shape index (κ2) is 7.87. The number of fused-ring (bicyclic) bond motifs is 1. The van der Waals surface area contributed by atoms with Gasteiger partial charge in [-0.15, -0.1) is 0 Å². The van der Waals surface area contributed by atoms with Crippen LogP contribution in [0.5, 0.6) is 5.75 Å². The molecular weight excluding hydrogens is 364 g/mol. The highest BCUT2D eigenvalue weighted by molar-refractivity contribution is 7.19. The monoisotopic (exact) mass is 386 g/mol. The molecular formula is C19H22N4O3S. The van der Waals surface area contributed by atoms with Crippen molar-refractivity contribution in [2.75, 3.05) is 20.2 Å². The van der Waals surface area contributed by atoms with E-state index in [2.05, 4.69) is 10.1 Å². The molecule has 0 saturated carbocycles. The zero-order chi connectivity index (χ0) is 19.6. The van der Waals surface area contributed by atoms with Gasteiger partial charge in [0.1, 0.15) is 16.3 Å². The van der Waals surface area contributed by atoms with Crippen LogP contribution in [0.2, 0.25) is 0 Å². The van der Waals surface area contributed by atoms with E-state index in [0.29, 0.717) is 40.7 Å². The minimum atomic E-state index is -0.367.